The monoisotopic (exact) mass is 455 g/mol. The molecular weight excluding hydrogens is 422 g/mol. The van der Waals surface area contributed by atoms with Crippen molar-refractivity contribution in [2.45, 2.75) is 50.5 Å². The molecule has 7 heteroatoms. The van der Waals surface area contributed by atoms with Crippen LogP contribution in [0.5, 0.6) is 0 Å². The number of hydrogen-bond donors (Lipinski definition) is 1. The number of carbonyl (C=O) groups is 1. The highest BCUT2D eigenvalue weighted by molar-refractivity contribution is 7.89. The molecule has 32 heavy (non-hydrogen) atoms. The van der Waals surface area contributed by atoms with Gasteiger partial charge in [0.15, 0.2) is 0 Å². The molecule has 2 aromatic rings. The topological polar surface area (TPSA) is 69.7 Å². The lowest BCUT2D eigenvalue weighted by atomic mass is 9.98. The number of aryl methyl sites for hydroxylation is 1. The molecule has 0 radical (unpaired) electrons. The van der Waals surface area contributed by atoms with Crippen molar-refractivity contribution in [3.05, 3.63) is 59.7 Å². The van der Waals surface area contributed by atoms with Crippen LogP contribution in [-0.2, 0) is 21.4 Å². The quantitative estimate of drug-likeness (QED) is 0.721. The van der Waals surface area contributed by atoms with Crippen LogP contribution in [0.25, 0.3) is 0 Å². The zero-order chi connectivity index (χ0) is 22.6. The number of nitrogens with zero attached hydrogens (tertiary/aromatic N) is 2. The summed E-state index contributed by atoms with van der Waals surface area (Å²) in [4.78, 5) is 15.5. The maximum Gasteiger partial charge on any atom is 0.243 e. The lowest BCUT2D eigenvalue weighted by Crippen LogP contribution is -2.45. The molecule has 2 aliphatic rings. The third kappa shape index (κ3) is 5.33. The molecule has 0 unspecified atom stereocenters. The van der Waals surface area contributed by atoms with Gasteiger partial charge in [0.1, 0.15) is 0 Å². The summed E-state index contributed by atoms with van der Waals surface area (Å²) in [6.07, 6.45) is 5.20. The van der Waals surface area contributed by atoms with Gasteiger partial charge in [0, 0.05) is 38.4 Å². The summed E-state index contributed by atoms with van der Waals surface area (Å²) in [5.41, 5.74) is 3.31. The third-order valence-corrected chi connectivity index (χ3v) is 8.42. The van der Waals surface area contributed by atoms with Gasteiger partial charge < -0.3 is 10.2 Å². The Balaban J connectivity index is 1.33. The first-order valence-corrected chi connectivity index (χ1v) is 13.1. The molecule has 2 heterocycles. The van der Waals surface area contributed by atoms with Gasteiger partial charge in [-0.05, 0) is 68.9 Å². The maximum absolute atomic E-state index is 13.0. The van der Waals surface area contributed by atoms with E-state index in [1.54, 1.807) is 24.3 Å². The van der Waals surface area contributed by atoms with Crippen molar-refractivity contribution >= 4 is 21.6 Å². The van der Waals surface area contributed by atoms with Gasteiger partial charge in [-0.3, -0.25) is 4.79 Å². The summed E-state index contributed by atoms with van der Waals surface area (Å²) in [6, 6.07) is 15.3. The number of rotatable bonds is 6. The van der Waals surface area contributed by atoms with Crippen LogP contribution in [0, 0.1) is 12.8 Å². The van der Waals surface area contributed by atoms with Crippen molar-refractivity contribution in [1.82, 2.24) is 9.62 Å². The molecule has 0 aliphatic carbocycles. The normalized spacial score (nSPS) is 20.2. The molecule has 1 atom stereocenters. The van der Waals surface area contributed by atoms with E-state index in [4.69, 9.17) is 0 Å². The molecule has 0 saturated carbocycles. The average Bonchev–Trinajstić information content (AvgIpc) is 2.84. The van der Waals surface area contributed by atoms with Gasteiger partial charge in [0.2, 0.25) is 15.9 Å². The lowest BCUT2D eigenvalue weighted by molar-refractivity contribution is -0.126. The van der Waals surface area contributed by atoms with Crippen molar-refractivity contribution in [3.63, 3.8) is 0 Å². The van der Waals surface area contributed by atoms with Crippen LogP contribution in [0.1, 0.15) is 43.2 Å². The van der Waals surface area contributed by atoms with E-state index < -0.39 is 10.0 Å². The first-order chi connectivity index (χ1) is 15.4. The summed E-state index contributed by atoms with van der Waals surface area (Å²) in [7, 11) is -3.58. The molecule has 2 fully saturated rings. The second-order valence-corrected chi connectivity index (χ2v) is 10.9. The minimum Gasteiger partial charge on any atom is -0.372 e. The number of anilines is 1. The lowest BCUT2D eigenvalue weighted by Gasteiger charge is -2.31. The molecule has 2 aromatic carbocycles. The predicted molar refractivity (Wildman–Crippen MR) is 127 cm³/mol. The highest BCUT2D eigenvalue weighted by atomic mass is 32.2. The third-order valence-electron chi connectivity index (χ3n) is 6.54. The summed E-state index contributed by atoms with van der Waals surface area (Å²) in [5.74, 6) is -0.398. The van der Waals surface area contributed by atoms with Gasteiger partial charge in [-0.15, -0.1) is 0 Å². The summed E-state index contributed by atoms with van der Waals surface area (Å²) in [6.45, 7) is 5.30. The van der Waals surface area contributed by atoms with E-state index in [2.05, 4.69) is 34.5 Å². The molecule has 1 amide bonds. The number of amides is 1. The molecule has 0 aromatic heterocycles. The number of hydrogen-bond acceptors (Lipinski definition) is 4. The van der Waals surface area contributed by atoms with Crippen molar-refractivity contribution < 1.29 is 13.2 Å². The van der Waals surface area contributed by atoms with E-state index in [1.165, 1.54) is 29.3 Å². The van der Waals surface area contributed by atoms with E-state index >= 15 is 0 Å². The number of benzene rings is 2. The predicted octanol–water partition coefficient (Wildman–Crippen LogP) is 3.70. The van der Waals surface area contributed by atoms with Crippen LogP contribution in [0.3, 0.4) is 0 Å². The number of sulfonamides is 1. The van der Waals surface area contributed by atoms with Gasteiger partial charge in [0.25, 0.3) is 0 Å². The van der Waals surface area contributed by atoms with Crippen molar-refractivity contribution in [1.29, 1.82) is 0 Å². The second kappa shape index (κ2) is 10.0. The van der Waals surface area contributed by atoms with Crippen LogP contribution in [0.4, 0.5) is 5.69 Å². The molecule has 172 valence electrons. The largest absolute Gasteiger partial charge is 0.372 e. The molecule has 1 N–H and O–H groups in total. The van der Waals surface area contributed by atoms with Crippen LogP contribution in [0.15, 0.2) is 53.4 Å². The highest BCUT2D eigenvalue weighted by Gasteiger charge is 2.33. The Bertz CT molecular complexity index is 1010. The number of carbonyl (C=O) groups excluding carboxylic acids is 1. The fourth-order valence-electron chi connectivity index (χ4n) is 4.54. The van der Waals surface area contributed by atoms with Gasteiger partial charge >= 0.3 is 0 Å². The first kappa shape index (κ1) is 22.8. The Morgan fingerprint density at radius 1 is 0.938 bits per heavy atom. The minimum atomic E-state index is -3.58. The summed E-state index contributed by atoms with van der Waals surface area (Å²) < 4.78 is 27.5. The molecule has 4 rings (SSSR count). The van der Waals surface area contributed by atoms with E-state index in [9.17, 15) is 13.2 Å². The van der Waals surface area contributed by atoms with E-state index in [-0.39, 0.29) is 23.3 Å². The van der Waals surface area contributed by atoms with Crippen molar-refractivity contribution in [3.8, 4) is 0 Å². The van der Waals surface area contributed by atoms with Gasteiger partial charge in [0.05, 0.1) is 10.8 Å². The Kier molecular flexibility index (Phi) is 7.16. The SMILES string of the molecule is Cc1ccc(S(=O)(=O)N2CCC[C@H](C(=O)NCc3ccc(N4CCCCC4)cc3)C2)cc1. The Morgan fingerprint density at radius 3 is 2.31 bits per heavy atom. The summed E-state index contributed by atoms with van der Waals surface area (Å²) in [5, 5.41) is 3.01. The molecule has 2 saturated heterocycles. The smallest absolute Gasteiger partial charge is 0.243 e. The van der Waals surface area contributed by atoms with Crippen molar-refractivity contribution in [2.75, 3.05) is 31.1 Å². The van der Waals surface area contributed by atoms with Gasteiger partial charge in [-0.1, -0.05) is 29.8 Å². The van der Waals surface area contributed by atoms with E-state index in [0.717, 1.165) is 24.2 Å². The first-order valence-electron chi connectivity index (χ1n) is 11.6. The minimum absolute atomic E-state index is 0.0751. The standard InChI is InChI=1S/C25H33N3O3S/c1-20-7-13-24(14-8-20)32(30,31)28-17-5-6-22(19-28)25(29)26-18-21-9-11-23(12-10-21)27-15-3-2-4-16-27/h7-14,22H,2-6,15-19H2,1H3,(H,26,29)/t22-/m0/s1. The summed E-state index contributed by atoms with van der Waals surface area (Å²) >= 11 is 0. The van der Waals surface area contributed by atoms with Crippen LogP contribution in [0.2, 0.25) is 0 Å². The van der Waals surface area contributed by atoms with Crippen LogP contribution >= 0.6 is 0 Å². The Morgan fingerprint density at radius 2 is 1.62 bits per heavy atom. The fraction of sp³-hybridized carbons (Fsp3) is 0.480. The van der Waals surface area contributed by atoms with E-state index in [0.29, 0.717) is 25.9 Å². The number of nitrogens with one attached hydrogen (secondary N) is 1. The van der Waals surface area contributed by atoms with Crippen LogP contribution < -0.4 is 10.2 Å². The van der Waals surface area contributed by atoms with E-state index in [1.807, 2.05) is 6.92 Å². The van der Waals surface area contributed by atoms with Gasteiger partial charge in [-0.25, -0.2) is 8.42 Å². The molecule has 0 bridgehead atoms. The Hall–Kier alpha value is -2.38. The molecule has 6 nitrogen and oxygen atoms in total. The van der Waals surface area contributed by atoms with Crippen LogP contribution in [-0.4, -0.2) is 44.8 Å². The highest BCUT2D eigenvalue weighted by Crippen LogP contribution is 2.25. The molecular formula is C25H33N3O3S. The Labute approximate surface area is 191 Å². The van der Waals surface area contributed by atoms with Gasteiger partial charge in [-0.2, -0.15) is 4.31 Å². The maximum atomic E-state index is 13.0. The average molecular weight is 456 g/mol. The second-order valence-electron chi connectivity index (χ2n) is 8.95. The fourth-order valence-corrected chi connectivity index (χ4v) is 6.07. The molecule has 2 aliphatic heterocycles. The molecule has 0 spiro atoms. The number of piperidine rings is 2. The zero-order valence-electron chi connectivity index (χ0n) is 18.8. The van der Waals surface area contributed by atoms with Crippen molar-refractivity contribution in [2.24, 2.45) is 5.92 Å². The zero-order valence-corrected chi connectivity index (χ0v) is 19.6.